The highest BCUT2D eigenvalue weighted by atomic mass is 16.6. The molecule has 0 aliphatic rings. The standard InChI is InChI=1S/C15H21N5O4/c1-8-10(6-7-11(21)22)9(2)20-13(16-8)17-12(19-20)18-14(23)24-15(3,4)5/h6-7H2,1-5H3,(H,21,22)(H,18,19,23). The lowest BCUT2D eigenvalue weighted by atomic mass is 10.1. The second-order valence-electron chi connectivity index (χ2n) is 6.43. The van der Waals surface area contributed by atoms with E-state index in [9.17, 15) is 9.59 Å². The molecule has 0 aromatic carbocycles. The predicted octanol–water partition coefficient (Wildman–Crippen LogP) is 2.11. The van der Waals surface area contributed by atoms with E-state index in [1.165, 1.54) is 4.52 Å². The van der Waals surface area contributed by atoms with Crippen LogP contribution in [0.4, 0.5) is 10.7 Å². The van der Waals surface area contributed by atoms with E-state index < -0.39 is 17.7 Å². The SMILES string of the molecule is Cc1nc2nc(NC(=O)OC(C)(C)C)nn2c(C)c1CCC(=O)O. The number of nitrogens with zero attached hydrogens (tertiary/aromatic N) is 4. The molecule has 0 radical (unpaired) electrons. The van der Waals surface area contributed by atoms with Gasteiger partial charge in [0.25, 0.3) is 11.7 Å². The fraction of sp³-hybridized carbons (Fsp3) is 0.533. The summed E-state index contributed by atoms with van der Waals surface area (Å²) in [6.45, 7) is 8.87. The summed E-state index contributed by atoms with van der Waals surface area (Å²) in [5.74, 6) is -0.468. The number of carboxylic acids is 1. The number of ether oxygens (including phenoxy) is 1. The van der Waals surface area contributed by atoms with E-state index in [0.717, 1.165) is 11.3 Å². The Morgan fingerprint density at radius 1 is 1.25 bits per heavy atom. The second-order valence-corrected chi connectivity index (χ2v) is 6.43. The van der Waals surface area contributed by atoms with Crippen LogP contribution in [-0.4, -0.2) is 42.4 Å². The summed E-state index contributed by atoms with van der Waals surface area (Å²) < 4.78 is 6.64. The predicted molar refractivity (Wildman–Crippen MR) is 86.1 cm³/mol. The van der Waals surface area contributed by atoms with Gasteiger partial charge in [-0.3, -0.25) is 10.1 Å². The van der Waals surface area contributed by atoms with Crippen LogP contribution < -0.4 is 5.32 Å². The summed E-state index contributed by atoms with van der Waals surface area (Å²) in [6, 6.07) is 0. The van der Waals surface area contributed by atoms with Gasteiger partial charge in [-0.1, -0.05) is 0 Å². The lowest BCUT2D eigenvalue weighted by Gasteiger charge is -2.18. The molecule has 2 aromatic rings. The number of anilines is 1. The van der Waals surface area contributed by atoms with E-state index in [-0.39, 0.29) is 12.4 Å². The van der Waals surface area contributed by atoms with Crippen molar-refractivity contribution in [2.24, 2.45) is 0 Å². The summed E-state index contributed by atoms with van der Waals surface area (Å²) in [4.78, 5) is 31.0. The molecule has 24 heavy (non-hydrogen) atoms. The summed E-state index contributed by atoms with van der Waals surface area (Å²) in [7, 11) is 0. The average Bonchev–Trinajstić information content (AvgIpc) is 2.78. The molecule has 2 heterocycles. The number of carbonyl (C=O) groups excluding carboxylic acids is 1. The third-order valence-corrected chi connectivity index (χ3v) is 3.25. The summed E-state index contributed by atoms with van der Waals surface area (Å²) in [6.07, 6.45) is -0.295. The van der Waals surface area contributed by atoms with Crippen molar-refractivity contribution in [3.8, 4) is 0 Å². The zero-order valence-corrected chi connectivity index (χ0v) is 14.4. The van der Waals surface area contributed by atoms with E-state index in [2.05, 4.69) is 20.4 Å². The third kappa shape index (κ3) is 4.18. The van der Waals surface area contributed by atoms with Crippen LogP contribution in [0.5, 0.6) is 0 Å². The third-order valence-electron chi connectivity index (χ3n) is 3.25. The maximum absolute atomic E-state index is 11.8. The van der Waals surface area contributed by atoms with Crippen molar-refractivity contribution in [3.63, 3.8) is 0 Å². The molecular weight excluding hydrogens is 314 g/mol. The van der Waals surface area contributed by atoms with Crippen LogP contribution >= 0.6 is 0 Å². The van der Waals surface area contributed by atoms with Crippen molar-refractivity contribution in [1.82, 2.24) is 19.6 Å². The Labute approximate surface area is 139 Å². The van der Waals surface area contributed by atoms with Gasteiger partial charge in [-0.15, -0.1) is 5.10 Å². The van der Waals surface area contributed by atoms with Gasteiger partial charge in [-0.2, -0.15) is 9.50 Å². The van der Waals surface area contributed by atoms with E-state index in [1.807, 2.05) is 6.92 Å². The normalized spacial score (nSPS) is 11.5. The first-order valence-electron chi connectivity index (χ1n) is 7.51. The molecule has 0 atom stereocenters. The molecule has 0 aliphatic carbocycles. The molecule has 9 nitrogen and oxygen atoms in total. The molecule has 0 saturated carbocycles. The van der Waals surface area contributed by atoms with Crippen molar-refractivity contribution < 1.29 is 19.4 Å². The van der Waals surface area contributed by atoms with Gasteiger partial charge in [0.15, 0.2) is 0 Å². The Balaban J connectivity index is 2.29. The zero-order valence-electron chi connectivity index (χ0n) is 14.4. The van der Waals surface area contributed by atoms with E-state index >= 15 is 0 Å². The summed E-state index contributed by atoms with van der Waals surface area (Å²) in [5.41, 5.74) is 1.61. The van der Waals surface area contributed by atoms with Gasteiger partial charge in [0.2, 0.25) is 0 Å². The van der Waals surface area contributed by atoms with Crippen LogP contribution in [0.15, 0.2) is 0 Å². The Hall–Kier alpha value is -2.71. The van der Waals surface area contributed by atoms with Gasteiger partial charge >= 0.3 is 12.1 Å². The van der Waals surface area contributed by atoms with Crippen molar-refractivity contribution in [1.29, 1.82) is 0 Å². The highest BCUT2D eigenvalue weighted by Crippen LogP contribution is 2.17. The van der Waals surface area contributed by atoms with Gasteiger partial charge in [0, 0.05) is 17.8 Å². The molecular formula is C15H21N5O4. The van der Waals surface area contributed by atoms with Crippen molar-refractivity contribution in [2.75, 3.05) is 5.32 Å². The summed E-state index contributed by atoms with van der Waals surface area (Å²) in [5, 5.41) is 15.5. The Morgan fingerprint density at radius 2 is 1.92 bits per heavy atom. The van der Waals surface area contributed by atoms with Gasteiger partial charge < -0.3 is 9.84 Å². The average molecular weight is 335 g/mol. The van der Waals surface area contributed by atoms with Gasteiger partial charge in [0.1, 0.15) is 5.60 Å². The van der Waals surface area contributed by atoms with Crippen LogP contribution in [0.3, 0.4) is 0 Å². The number of fused-ring (bicyclic) bond motifs is 1. The van der Waals surface area contributed by atoms with Crippen molar-refractivity contribution in [2.45, 2.75) is 53.1 Å². The van der Waals surface area contributed by atoms with E-state index in [4.69, 9.17) is 9.84 Å². The lowest BCUT2D eigenvalue weighted by molar-refractivity contribution is -0.136. The maximum atomic E-state index is 11.8. The fourth-order valence-corrected chi connectivity index (χ4v) is 2.25. The molecule has 2 aromatic heterocycles. The second kappa shape index (κ2) is 6.42. The summed E-state index contributed by atoms with van der Waals surface area (Å²) >= 11 is 0. The largest absolute Gasteiger partial charge is 0.481 e. The highest BCUT2D eigenvalue weighted by Gasteiger charge is 2.19. The first-order chi connectivity index (χ1) is 11.1. The molecule has 9 heteroatoms. The van der Waals surface area contributed by atoms with Crippen molar-refractivity contribution >= 4 is 23.8 Å². The van der Waals surface area contributed by atoms with Gasteiger partial charge in [-0.25, -0.2) is 9.78 Å². The molecule has 2 rings (SSSR count). The lowest BCUT2D eigenvalue weighted by Crippen LogP contribution is -2.27. The fourth-order valence-electron chi connectivity index (χ4n) is 2.25. The number of nitrogens with one attached hydrogen (secondary N) is 1. The number of aliphatic carboxylic acids is 1. The highest BCUT2D eigenvalue weighted by molar-refractivity contribution is 5.82. The number of hydrogen-bond acceptors (Lipinski definition) is 6. The molecule has 0 unspecified atom stereocenters. The Bertz CT molecular complexity index is 791. The maximum Gasteiger partial charge on any atom is 0.414 e. The van der Waals surface area contributed by atoms with Gasteiger partial charge in [-0.05, 0) is 46.6 Å². The molecule has 0 fully saturated rings. The molecule has 0 spiro atoms. The number of hydrogen-bond donors (Lipinski definition) is 2. The number of aryl methyl sites for hydroxylation is 2. The first-order valence-corrected chi connectivity index (χ1v) is 7.51. The minimum absolute atomic E-state index is 0.00653. The van der Waals surface area contributed by atoms with E-state index in [1.54, 1.807) is 27.7 Å². The molecule has 130 valence electrons. The van der Waals surface area contributed by atoms with Crippen LogP contribution in [-0.2, 0) is 16.0 Å². The van der Waals surface area contributed by atoms with Crippen LogP contribution in [0.1, 0.15) is 44.1 Å². The van der Waals surface area contributed by atoms with Gasteiger partial charge in [0.05, 0.1) is 0 Å². The van der Waals surface area contributed by atoms with Crippen LogP contribution in [0, 0.1) is 13.8 Å². The number of carboxylic acid groups (broad SMARTS) is 1. The number of rotatable bonds is 4. The minimum Gasteiger partial charge on any atom is -0.481 e. The smallest absolute Gasteiger partial charge is 0.414 e. The zero-order chi connectivity index (χ0) is 18.1. The molecule has 0 saturated heterocycles. The Morgan fingerprint density at radius 3 is 2.50 bits per heavy atom. The van der Waals surface area contributed by atoms with Crippen molar-refractivity contribution in [3.05, 3.63) is 17.0 Å². The number of amides is 1. The molecule has 2 N–H and O–H groups in total. The number of carbonyl (C=O) groups is 2. The quantitative estimate of drug-likeness (QED) is 0.878. The molecule has 1 amide bonds. The van der Waals surface area contributed by atoms with Crippen LogP contribution in [0.2, 0.25) is 0 Å². The number of aromatic nitrogens is 4. The van der Waals surface area contributed by atoms with E-state index in [0.29, 0.717) is 17.9 Å². The first kappa shape index (κ1) is 17.6. The molecule has 0 bridgehead atoms. The monoisotopic (exact) mass is 335 g/mol. The molecule has 0 aliphatic heterocycles. The van der Waals surface area contributed by atoms with Crippen LogP contribution in [0.25, 0.3) is 5.78 Å². The Kier molecular flexibility index (Phi) is 4.72. The topological polar surface area (TPSA) is 119 Å². The minimum atomic E-state index is -0.875.